The molecule has 0 aliphatic heterocycles. The zero-order valence-electron chi connectivity index (χ0n) is 8.19. The highest BCUT2D eigenvalue weighted by atomic mass is 32.2. The summed E-state index contributed by atoms with van der Waals surface area (Å²) >= 11 is 1.57. The average Bonchev–Trinajstić information content (AvgIpc) is 2.18. The highest BCUT2D eigenvalue weighted by molar-refractivity contribution is 7.99. The van der Waals surface area contributed by atoms with Gasteiger partial charge in [0.15, 0.2) is 5.16 Å². The molecule has 0 saturated heterocycles. The molecule has 1 heterocycles. The summed E-state index contributed by atoms with van der Waals surface area (Å²) < 4.78 is 0. The lowest BCUT2D eigenvalue weighted by molar-refractivity contribution is 0.885. The van der Waals surface area contributed by atoms with Gasteiger partial charge in [-0.2, -0.15) is 5.26 Å². The number of hydrogen-bond acceptors (Lipinski definition) is 5. The molecular weight excluding hydrogens is 196 g/mol. The molecule has 1 unspecified atom stereocenters. The number of nitriles is 1. The maximum absolute atomic E-state index is 8.62. The summed E-state index contributed by atoms with van der Waals surface area (Å²) in [5, 5.41) is 9.72. The van der Waals surface area contributed by atoms with Crippen molar-refractivity contribution in [3.05, 3.63) is 11.8 Å². The van der Waals surface area contributed by atoms with Crippen LogP contribution >= 0.6 is 11.8 Å². The molecule has 5 heteroatoms. The van der Waals surface area contributed by atoms with E-state index < -0.39 is 0 Å². The minimum absolute atomic E-state index is 0.258. The van der Waals surface area contributed by atoms with E-state index in [2.05, 4.69) is 23.8 Å². The van der Waals surface area contributed by atoms with Gasteiger partial charge in [-0.3, -0.25) is 0 Å². The summed E-state index contributed by atoms with van der Waals surface area (Å²) in [5.74, 6) is 0.258. The average molecular weight is 208 g/mol. The standard InChI is InChI=1S/C9H12N4S/c1-3-6(2)14-9-12-5-7(4-10)8(11)13-9/h5-6H,3H2,1-2H3,(H2,11,12,13). The predicted molar refractivity (Wildman–Crippen MR) is 56.8 cm³/mol. The third-order valence-electron chi connectivity index (χ3n) is 1.80. The zero-order chi connectivity index (χ0) is 10.6. The van der Waals surface area contributed by atoms with Crippen LogP contribution < -0.4 is 5.73 Å². The molecule has 0 aromatic carbocycles. The van der Waals surface area contributed by atoms with Crippen molar-refractivity contribution in [3.8, 4) is 6.07 Å². The van der Waals surface area contributed by atoms with Crippen LogP contribution in [0.1, 0.15) is 25.8 Å². The first kappa shape index (κ1) is 10.8. The number of nitrogens with zero attached hydrogens (tertiary/aromatic N) is 3. The lowest BCUT2D eigenvalue weighted by Crippen LogP contribution is -2.01. The van der Waals surface area contributed by atoms with Crippen molar-refractivity contribution < 1.29 is 0 Å². The van der Waals surface area contributed by atoms with E-state index >= 15 is 0 Å². The molecule has 2 N–H and O–H groups in total. The van der Waals surface area contributed by atoms with Crippen LogP contribution in [0.15, 0.2) is 11.4 Å². The lowest BCUT2D eigenvalue weighted by Gasteiger charge is -2.06. The Bertz CT molecular complexity index is 358. The van der Waals surface area contributed by atoms with E-state index in [0.29, 0.717) is 16.0 Å². The Morgan fingerprint density at radius 3 is 2.93 bits per heavy atom. The summed E-state index contributed by atoms with van der Waals surface area (Å²) in [4.78, 5) is 8.09. The van der Waals surface area contributed by atoms with E-state index in [1.54, 1.807) is 11.8 Å². The van der Waals surface area contributed by atoms with Crippen molar-refractivity contribution in [1.82, 2.24) is 9.97 Å². The topological polar surface area (TPSA) is 75.6 Å². The molecule has 1 atom stereocenters. The van der Waals surface area contributed by atoms with Crippen LogP contribution in [0.5, 0.6) is 0 Å². The summed E-state index contributed by atoms with van der Waals surface area (Å²) in [7, 11) is 0. The summed E-state index contributed by atoms with van der Waals surface area (Å²) in [6.45, 7) is 4.20. The zero-order valence-corrected chi connectivity index (χ0v) is 9.01. The Morgan fingerprint density at radius 2 is 2.43 bits per heavy atom. The van der Waals surface area contributed by atoms with Crippen LogP contribution in [0.3, 0.4) is 0 Å². The number of thioether (sulfide) groups is 1. The smallest absolute Gasteiger partial charge is 0.189 e. The molecule has 1 rings (SSSR count). The van der Waals surface area contributed by atoms with Crippen LogP contribution in [0.25, 0.3) is 0 Å². The monoisotopic (exact) mass is 208 g/mol. The van der Waals surface area contributed by atoms with E-state index in [0.717, 1.165) is 6.42 Å². The van der Waals surface area contributed by atoms with Crippen molar-refractivity contribution in [2.45, 2.75) is 30.7 Å². The Labute approximate surface area is 87.6 Å². The van der Waals surface area contributed by atoms with Gasteiger partial charge in [-0.25, -0.2) is 9.97 Å². The van der Waals surface area contributed by atoms with Crippen LogP contribution in [0.2, 0.25) is 0 Å². The van der Waals surface area contributed by atoms with Gasteiger partial charge in [-0.15, -0.1) is 0 Å². The van der Waals surface area contributed by atoms with Crippen LogP contribution in [0, 0.1) is 11.3 Å². The second kappa shape index (κ2) is 4.82. The van der Waals surface area contributed by atoms with E-state index in [9.17, 15) is 0 Å². The highest BCUT2D eigenvalue weighted by Crippen LogP contribution is 2.22. The van der Waals surface area contributed by atoms with Gasteiger partial charge in [0.25, 0.3) is 0 Å². The SMILES string of the molecule is CCC(C)Sc1ncc(C#N)c(N)n1. The third-order valence-corrected chi connectivity index (χ3v) is 2.94. The summed E-state index contributed by atoms with van der Waals surface area (Å²) in [5.41, 5.74) is 5.89. The maximum atomic E-state index is 8.62. The molecule has 0 radical (unpaired) electrons. The van der Waals surface area contributed by atoms with Gasteiger partial charge >= 0.3 is 0 Å². The fraction of sp³-hybridized carbons (Fsp3) is 0.444. The molecule has 1 aromatic rings. The number of rotatable bonds is 3. The molecule has 0 aliphatic rings. The Morgan fingerprint density at radius 1 is 1.71 bits per heavy atom. The minimum Gasteiger partial charge on any atom is -0.382 e. The molecule has 1 aromatic heterocycles. The molecule has 0 fully saturated rings. The normalized spacial score (nSPS) is 12.1. The Kier molecular flexibility index (Phi) is 3.72. The molecule has 0 spiro atoms. The summed E-state index contributed by atoms with van der Waals surface area (Å²) in [6.07, 6.45) is 2.51. The second-order valence-corrected chi connectivity index (χ2v) is 4.31. The van der Waals surface area contributed by atoms with E-state index in [-0.39, 0.29) is 5.82 Å². The molecule has 0 aliphatic carbocycles. The van der Waals surface area contributed by atoms with Gasteiger partial charge in [0.05, 0.1) is 6.20 Å². The van der Waals surface area contributed by atoms with Crippen LogP contribution in [-0.4, -0.2) is 15.2 Å². The van der Waals surface area contributed by atoms with Crippen molar-refractivity contribution in [3.63, 3.8) is 0 Å². The number of aromatic nitrogens is 2. The first-order valence-corrected chi connectivity index (χ1v) is 5.24. The molecule has 74 valence electrons. The van der Waals surface area contributed by atoms with Gasteiger partial charge in [0.1, 0.15) is 17.5 Å². The molecule has 0 bridgehead atoms. The Balaban J connectivity index is 2.82. The van der Waals surface area contributed by atoms with Gasteiger partial charge in [-0.1, -0.05) is 25.6 Å². The molecule has 0 saturated carbocycles. The maximum Gasteiger partial charge on any atom is 0.189 e. The number of nitrogen functional groups attached to an aromatic ring is 1. The fourth-order valence-electron chi connectivity index (χ4n) is 0.784. The molecule has 4 nitrogen and oxygen atoms in total. The molecular formula is C9H12N4S. The first-order chi connectivity index (χ1) is 6.67. The van der Waals surface area contributed by atoms with E-state index in [1.807, 2.05) is 6.07 Å². The van der Waals surface area contributed by atoms with E-state index in [4.69, 9.17) is 11.0 Å². The fourth-order valence-corrected chi connectivity index (χ4v) is 1.58. The minimum atomic E-state index is 0.258. The Hall–Kier alpha value is -1.28. The van der Waals surface area contributed by atoms with E-state index in [1.165, 1.54) is 6.20 Å². The van der Waals surface area contributed by atoms with Crippen LogP contribution in [0.4, 0.5) is 5.82 Å². The van der Waals surface area contributed by atoms with Gasteiger partial charge < -0.3 is 5.73 Å². The number of hydrogen-bond donors (Lipinski definition) is 1. The third kappa shape index (κ3) is 2.60. The van der Waals surface area contributed by atoms with Crippen molar-refractivity contribution in [2.75, 3.05) is 5.73 Å². The van der Waals surface area contributed by atoms with Crippen molar-refractivity contribution in [2.24, 2.45) is 0 Å². The molecule has 14 heavy (non-hydrogen) atoms. The van der Waals surface area contributed by atoms with Gasteiger partial charge in [0.2, 0.25) is 0 Å². The van der Waals surface area contributed by atoms with Gasteiger partial charge in [0, 0.05) is 5.25 Å². The quantitative estimate of drug-likeness (QED) is 0.605. The predicted octanol–water partition coefficient (Wildman–Crippen LogP) is 1.82. The highest BCUT2D eigenvalue weighted by Gasteiger charge is 2.07. The summed E-state index contributed by atoms with van der Waals surface area (Å²) in [6, 6.07) is 1.93. The van der Waals surface area contributed by atoms with Crippen molar-refractivity contribution >= 4 is 17.6 Å². The van der Waals surface area contributed by atoms with Gasteiger partial charge in [-0.05, 0) is 6.42 Å². The van der Waals surface area contributed by atoms with Crippen LogP contribution in [-0.2, 0) is 0 Å². The first-order valence-electron chi connectivity index (χ1n) is 4.36. The number of nitrogens with two attached hydrogens (primary N) is 1. The number of anilines is 1. The van der Waals surface area contributed by atoms with Crippen molar-refractivity contribution in [1.29, 1.82) is 5.26 Å². The lowest BCUT2D eigenvalue weighted by atomic mass is 10.3. The second-order valence-electron chi connectivity index (χ2n) is 2.90. The largest absolute Gasteiger partial charge is 0.382 e. The molecule has 0 amide bonds.